The fraction of sp³-hybridized carbons (Fsp3) is 0.278. The Balaban J connectivity index is 2.22. The number of benzene rings is 2. The van der Waals surface area contributed by atoms with E-state index in [9.17, 15) is 4.79 Å². The van der Waals surface area contributed by atoms with Gasteiger partial charge in [-0.1, -0.05) is 55.5 Å². The summed E-state index contributed by atoms with van der Waals surface area (Å²) in [7, 11) is 0. The number of hydrogen-bond donors (Lipinski definition) is 1. The Bertz CT molecular complexity index is 631. The van der Waals surface area contributed by atoms with E-state index in [1.807, 2.05) is 24.3 Å². The normalized spacial score (nSPS) is 12.5. The Kier molecular flexibility index (Phi) is 5.12. The molecule has 0 heterocycles. The molecule has 1 unspecified atom stereocenters. The molecule has 0 fully saturated rings. The largest absolute Gasteiger partial charge is 0.481 e. The molecule has 21 heavy (non-hydrogen) atoms. The lowest BCUT2D eigenvalue weighted by Gasteiger charge is -2.23. The number of fused-ring (bicyclic) bond motifs is 1. The van der Waals surface area contributed by atoms with Crippen LogP contribution in [-0.4, -0.2) is 29.1 Å². The number of nitrogens with zero attached hydrogens (tertiary/aromatic N) is 1. The molecule has 0 saturated heterocycles. The van der Waals surface area contributed by atoms with Crippen molar-refractivity contribution in [2.24, 2.45) is 5.92 Å². The predicted molar refractivity (Wildman–Crippen MR) is 86.2 cm³/mol. The Morgan fingerprint density at radius 1 is 1.29 bits per heavy atom. The van der Waals surface area contributed by atoms with E-state index < -0.39 is 5.97 Å². The second-order valence-electron chi connectivity index (χ2n) is 5.36. The van der Waals surface area contributed by atoms with Crippen molar-refractivity contribution in [3.63, 3.8) is 0 Å². The number of hydrogen-bond acceptors (Lipinski definition) is 2. The number of carboxylic acids is 1. The fourth-order valence-electron chi connectivity index (χ4n) is 2.52. The minimum absolute atomic E-state index is 0.389. The van der Waals surface area contributed by atoms with Crippen LogP contribution in [0.15, 0.2) is 55.1 Å². The molecule has 3 heteroatoms. The molecule has 0 saturated carbocycles. The van der Waals surface area contributed by atoms with Gasteiger partial charge in [-0.3, -0.25) is 9.69 Å². The molecule has 0 radical (unpaired) electrons. The maximum absolute atomic E-state index is 11.1. The summed E-state index contributed by atoms with van der Waals surface area (Å²) in [5.74, 6) is -1.15. The summed E-state index contributed by atoms with van der Waals surface area (Å²) < 4.78 is 0. The molecule has 2 aromatic carbocycles. The van der Waals surface area contributed by atoms with Gasteiger partial charge in [0.2, 0.25) is 0 Å². The lowest BCUT2D eigenvalue weighted by molar-refractivity contribution is -0.141. The molecule has 0 aliphatic rings. The van der Waals surface area contributed by atoms with E-state index >= 15 is 0 Å². The van der Waals surface area contributed by atoms with Crippen molar-refractivity contribution in [3.05, 3.63) is 60.7 Å². The highest BCUT2D eigenvalue weighted by molar-refractivity contribution is 5.85. The van der Waals surface area contributed by atoms with Gasteiger partial charge in [0.05, 0.1) is 5.92 Å². The van der Waals surface area contributed by atoms with Crippen molar-refractivity contribution in [3.8, 4) is 0 Å². The third-order valence-electron chi connectivity index (χ3n) is 3.61. The lowest BCUT2D eigenvalue weighted by atomic mass is 10.0. The minimum Gasteiger partial charge on any atom is -0.481 e. The first-order valence-electron chi connectivity index (χ1n) is 7.14. The smallest absolute Gasteiger partial charge is 0.307 e. The van der Waals surface area contributed by atoms with E-state index in [-0.39, 0.29) is 5.92 Å². The van der Waals surface area contributed by atoms with Gasteiger partial charge < -0.3 is 5.11 Å². The van der Waals surface area contributed by atoms with Gasteiger partial charge in [-0.15, -0.1) is 6.58 Å². The van der Waals surface area contributed by atoms with E-state index in [0.29, 0.717) is 13.1 Å². The van der Waals surface area contributed by atoms with Crippen LogP contribution in [0.1, 0.15) is 12.5 Å². The molecule has 0 spiro atoms. The van der Waals surface area contributed by atoms with E-state index in [1.54, 1.807) is 6.92 Å². The summed E-state index contributed by atoms with van der Waals surface area (Å²) in [6.45, 7) is 7.43. The number of carboxylic acid groups (broad SMARTS) is 1. The number of carbonyl (C=O) groups is 1. The Morgan fingerprint density at radius 3 is 2.71 bits per heavy atom. The Morgan fingerprint density at radius 2 is 2.00 bits per heavy atom. The third kappa shape index (κ3) is 3.92. The van der Waals surface area contributed by atoms with Gasteiger partial charge in [0.1, 0.15) is 0 Å². The molecule has 3 nitrogen and oxygen atoms in total. The zero-order valence-corrected chi connectivity index (χ0v) is 12.3. The maximum atomic E-state index is 11.1. The molecular weight excluding hydrogens is 262 g/mol. The lowest BCUT2D eigenvalue weighted by Crippen LogP contribution is -2.31. The van der Waals surface area contributed by atoms with Crippen molar-refractivity contribution < 1.29 is 9.90 Å². The first-order valence-corrected chi connectivity index (χ1v) is 7.14. The molecule has 2 rings (SSSR count). The Labute approximate surface area is 125 Å². The van der Waals surface area contributed by atoms with Crippen LogP contribution in [-0.2, 0) is 11.3 Å². The summed E-state index contributed by atoms with van der Waals surface area (Å²) >= 11 is 0. The summed E-state index contributed by atoms with van der Waals surface area (Å²) in [5.41, 5.74) is 1.22. The summed E-state index contributed by atoms with van der Waals surface area (Å²) in [4.78, 5) is 13.2. The third-order valence-corrected chi connectivity index (χ3v) is 3.61. The van der Waals surface area contributed by atoms with Crippen LogP contribution >= 0.6 is 0 Å². The van der Waals surface area contributed by atoms with Gasteiger partial charge in [0.25, 0.3) is 0 Å². The molecule has 110 valence electrons. The van der Waals surface area contributed by atoms with Gasteiger partial charge in [-0.2, -0.15) is 0 Å². The molecule has 0 bridgehead atoms. The van der Waals surface area contributed by atoms with Crippen LogP contribution in [0, 0.1) is 5.92 Å². The van der Waals surface area contributed by atoms with Crippen molar-refractivity contribution in [2.45, 2.75) is 13.5 Å². The van der Waals surface area contributed by atoms with Crippen LogP contribution in [0.4, 0.5) is 0 Å². The molecule has 1 atom stereocenters. The zero-order valence-electron chi connectivity index (χ0n) is 12.3. The maximum Gasteiger partial charge on any atom is 0.307 e. The van der Waals surface area contributed by atoms with Crippen LogP contribution in [0.5, 0.6) is 0 Å². The van der Waals surface area contributed by atoms with E-state index in [4.69, 9.17) is 5.11 Å². The Hall–Kier alpha value is -2.13. The van der Waals surface area contributed by atoms with Crippen molar-refractivity contribution in [1.29, 1.82) is 0 Å². The molecular formula is C18H21NO2. The van der Waals surface area contributed by atoms with Crippen LogP contribution in [0.2, 0.25) is 0 Å². The highest BCUT2D eigenvalue weighted by Crippen LogP contribution is 2.20. The second-order valence-corrected chi connectivity index (χ2v) is 5.36. The molecule has 0 amide bonds. The van der Waals surface area contributed by atoms with Gasteiger partial charge in [-0.05, 0) is 16.3 Å². The standard InChI is InChI=1S/C18H21NO2/c1-3-11-19(12-14(2)18(20)21)13-16-9-6-8-15-7-4-5-10-17(15)16/h3-10,14H,1,11-13H2,2H3,(H,20,21). The van der Waals surface area contributed by atoms with Gasteiger partial charge in [0.15, 0.2) is 0 Å². The molecule has 0 aromatic heterocycles. The quantitative estimate of drug-likeness (QED) is 0.790. The SMILES string of the molecule is C=CCN(Cc1cccc2ccccc12)CC(C)C(=O)O. The molecule has 0 aliphatic carbocycles. The highest BCUT2D eigenvalue weighted by Gasteiger charge is 2.16. The van der Waals surface area contributed by atoms with Gasteiger partial charge in [0, 0.05) is 19.6 Å². The molecule has 2 aromatic rings. The average Bonchev–Trinajstić information content (AvgIpc) is 2.47. The topological polar surface area (TPSA) is 40.5 Å². The van der Waals surface area contributed by atoms with Gasteiger partial charge in [-0.25, -0.2) is 0 Å². The van der Waals surface area contributed by atoms with Crippen molar-refractivity contribution >= 4 is 16.7 Å². The van der Waals surface area contributed by atoms with E-state index in [0.717, 1.165) is 6.54 Å². The summed E-state index contributed by atoms with van der Waals surface area (Å²) in [6, 6.07) is 14.5. The highest BCUT2D eigenvalue weighted by atomic mass is 16.4. The number of rotatable bonds is 7. The molecule has 1 N–H and O–H groups in total. The van der Waals surface area contributed by atoms with Crippen molar-refractivity contribution in [1.82, 2.24) is 4.90 Å². The fourth-order valence-corrected chi connectivity index (χ4v) is 2.52. The predicted octanol–water partition coefficient (Wildman–Crippen LogP) is 3.55. The van der Waals surface area contributed by atoms with Crippen LogP contribution in [0.25, 0.3) is 10.8 Å². The van der Waals surface area contributed by atoms with E-state index in [1.165, 1.54) is 16.3 Å². The minimum atomic E-state index is -0.762. The summed E-state index contributed by atoms with van der Waals surface area (Å²) in [5, 5.41) is 11.5. The van der Waals surface area contributed by atoms with Gasteiger partial charge >= 0.3 is 5.97 Å². The van der Waals surface area contributed by atoms with Crippen LogP contribution < -0.4 is 0 Å². The number of aliphatic carboxylic acids is 1. The monoisotopic (exact) mass is 283 g/mol. The average molecular weight is 283 g/mol. The first kappa shape index (κ1) is 15.3. The first-order chi connectivity index (χ1) is 10.1. The summed E-state index contributed by atoms with van der Waals surface area (Å²) in [6.07, 6.45) is 1.82. The van der Waals surface area contributed by atoms with Crippen LogP contribution in [0.3, 0.4) is 0 Å². The second kappa shape index (κ2) is 7.04. The zero-order chi connectivity index (χ0) is 15.2. The van der Waals surface area contributed by atoms with E-state index in [2.05, 4.69) is 35.7 Å². The van der Waals surface area contributed by atoms with Crippen molar-refractivity contribution in [2.75, 3.05) is 13.1 Å². The molecule has 0 aliphatic heterocycles.